The maximum absolute atomic E-state index is 13.3. The molecule has 2 aromatic carbocycles. The summed E-state index contributed by atoms with van der Waals surface area (Å²) in [5.74, 6) is 0.381. The zero-order valence-electron chi connectivity index (χ0n) is 11.3. The Balaban J connectivity index is 1.91. The standard InChI is InChI=1S/C16H17ClFNS/c1-2-19-10-12-3-6-14(7-4-12)20-11-13-5-8-15(17)16(18)9-13/h3-9,19H,2,10-11H2,1H3. The van der Waals surface area contributed by atoms with Gasteiger partial charge in [-0.25, -0.2) is 4.39 Å². The average Bonchev–Trinajstić information content (AvgIpc) is 2.47. The van der Waals surface area contributed by atoms with E-state index in [1.165, 1.54) is 16.5 Å². The van der Waals surface area contributed by atoms with Crippen LogP contribution < -0.4 is 5.32 Å². The molecule has 0 aliphatic heterocycles. The van der Waals surface area contributed by atoms with Crippen LogP contribution in [0.3, 0.4) is 0 Å². The van der Waals surface area contributed by atoms with E-state index >= 15 is 0 Å². The topological polar surface area (TPSA) is 12.0 Å². The normalized spacial score (nSPS) is 10.8. The minimum atomic E-state index is -0.356. The fourth-order valence-electron chi connectivity index (χ4n) is 1.77. The largest absolute Gasteiger partial charge is 0.313 e. The first-order chi connectivity index (χ1) is 9.69. The molecule has 1 N–H and O–H groups in total. The molecule has 0 fully saturated rings. The lowest BCUT2D eigenvalue weighted by Gasteiger charge is -2.05. The second-order valence-corrected chi connectivity index (χ2v) is 5.92. The van der Waals surface area contributed by atoms with Gasteiger partial charge >= 0.3 is 0 Å². The summed E-state index contributed by atoms with van der Waals surface area (Å²) in [5.41, 5.74) is 2.21. The van der Waals surface area contributed by atoms with Gasteiger partial charge < -0.3 is 5.32 Å². The molecular weight excluding hydrogens is 293 g/mol. The van der Waals surface area contributed by atoms with Crippen LogP contribution in [0.2, 0.25) is 5.02 Å². The van der Waals surface area contributed by atoms with Crippen molar-refractivity contribution in [3.63, 3.8) is 0 Å². The molecule has 0 aliphatic rings. The fraction of sp³-hybridized carbons (Fsp3) is 0.250. The summed E-state index contributed by atoms with van der Waals surface area (Å²) >= 11 is 7.36. The highest BCUT2D eigenvalue weighted by atomic mass is 35.5. The number of hydrogen-bond donors (Lipinski definition) is 1. The van der Waals surface area contributed by atoms with E-state index in [4.69, 9.17) is 11.6 Å². The highest BCUT2D eigenvalue weighted by Gasteiger charge is 2.02. The third kappa shape index (κ3) is 4.51. The fourth-order valence-corrected chi connectivity index (χ4v) is 2.73. The van der Waals surface area contributed by atoms with Gasteiger partial charge in [-0.2, -0.15) is 0 Å². The monoisotopic (exact) mass is 309 g/mol. The molecule has 4 heteroatoms. The molecule has 0 atom stereocenters. The first kappa shape index (κ1) is 15.4. The summed E-state index contributed by atoms with van der Waals surface area (Å²) in [6, 6.07) is 13.4. The molecule has 106 valence electrons. The molecule has 1 nitrogen and oxygen atoms in total. The molecular formula is C16H17ClFNS. The second-order valence-electron chi connectivity index (χ2n) is 4.46. The van der Waals surface area contributed by atoms with E-state index in [-0.39, 0.29) is 10.8 Å². The van der Waals surface area contributed by atoms with Crippen molar-refractivity contribution in [2.24, 2.45) is 0 Å². The van der Waals surface area contributed by atoms with Crippen molar-refractivity contribution in [3.8, 4) is 0 Å². The molecule has 0 saturated carbocycles. The van der Waals surface area contributed by atoms with E-state index in [9.17, 15) is 4.39 Å². The predicted octanol–water partition coefficient (Wildman–Crippen LogP) is 4.88. The van der Waals surface area contributed by atoms with E-state index in [0.29, 0.717) is 0 Å². The third-order valence-electron chi connectivity index (χ3n) is 2.89. The minimum absolute atomic E-state index is 0.173. The van der Waals surface area contributed by atoms with Crippen LogP contribution in [0.1, 0.15) is 18.1 Å². The molecule has 0 aromatic heterocycles. The second kappa shape index (κ2) is 7.67. The van der Waals surface area contributed by atoms with Crippen LogP contribution >= 0.6 is 23.4 Å². The van der Waals surface area contributed by atoms with Crippen molar-refractivity contribution in [3.05, 3.63) is 64.4 Å². The zero-order chi connectivity index (χ0) is 14.4. The molecule has 0 heterocycles. The maximum Gasteiger partial charge on any atom is 0.142 e. The van der Waals surface area contributed by atoms with Gasteiger partial charge in [-0.3, -0.25) is 0 Å². The van der Waals surface area contributed by atoms with E-state index in [0.717, 1.165) is 24.4 Å². The minimum Gasteiger partial charge on any atom is -0.313 e. The molecule has 20 heavy (non-hydrogen) atoms. The molecule has 0 bridgehead atoms. The van der Waals surface area contributed by atoms with E-state index < -0.39 is 0 Å². The SMILES string of the molecule is CCNCc1ccc(SCc2ccc(Cl)c(F)c2)cc1. The molecule has 0 unspecified atom stereocenters. The first-order valence-electron chi connectivity index (χ1n) is 6.55. The van der Waals surface area contributed by atoms with Crippen LogP contribution in [0.15, 0.2) is 47.4 Å². The number of hydrogen-bond acceptors (Lipinski definition) is 2. The van der Waals surface area contributed by atoms with Crippen LogP contribution in [0.25, 0.3) is 0 Å². The summed E-state index contributed by atoms with van der Waals surface area (Å²) in [7, 11) is 0. The number of benzene rings is 2. The van der Waals surface area contributed by atoms with Crippen LogP contribution in [-0.2, 0) is 12.3 Å². The van der Waals surface area contributed by atoms with Gasteiger partial charge in [0.1, 0.15) is 5.82 Å². The molecule has 2 rings (SSSR count). The Bertz CT molecular complexity index is 557. The number of nitrogens with one attached hydrogen (secondary N) is 1. The lowest BCUT2D eigenvalue weighted by atomic mass is 10.2. The van der Waals surface area contributed by atoms with Gasteiger partial charge in [-0.15, -0.1) is 11.8 Å². The highest BCUT2D eigenvalue weighted by molar-refractivity contribution is 7.98. The van der Waals surface area contributed by atoms with Gasteiger partial charge in [0.05, 0.1) is 5.02 Å². The number of rotatable bonds is 6. The zero-order valence-corrected chi connectivity index (χ0v) is 12.9. The van der Waals surface area contributed by atoms with Gasteiger partial charge in [-0.1, -0.05) is 36.7 Å². The van der Waals surface area contributed by atoms with E-state index in [2.05, 4.69) is 36.5 Å². The number of halogens is 2. The smallest absolute Gasteiger partial charge is 0.142 e. The average molecular weight is 310 g/mol. The van der Waals surface area contributed by atoms with Gasteiger partial charge in [0.2, 0.25) is 0 Å². The van der Waals surface area contributed by atoms with Crippen molar-refractivity contribution >= 4 is 23.4 Å². The van der Waals surface area contributed by atoms with Crippen molar-refractivity contribution in [1.82, 2.24) is 5.32 Å². The van der Waals surface area contributed by atoms with Crippen molar-refractivity contribution in [1.29, 1.82) is 0 Å². The summed E-state index contributed by atoms with van der Waals surface area (Å²) in [6.45, 7) is 3.96. The van der Waals surface area contributed by atoms with Crippen molar-refractivity contribution in [2.75, 3.05) is 6.54 Å². The Kier molecular flexibility index (Phi) is 5.89. The van der Waals surface area contributed by atoms with Gasteiger partial charge in [0.25, 0.3) is 0 Å². The highest BCUT2D eigenvalue weighted by Crippen LogP contribution is 2.25. The summed E-state index contributed by atoms with van der Waals surface area (Å²) in [6.07, 6.45) is 0. The van der Waals surface area contributed by atoms with E-state index in [1.54, 1.807) is 17.8 Å². The molecule has 0 saturated heterocycles. The Hall–Kier alpha value is -1.03. The molecule has 0 aliphatic carbocycles. The van der Waals surface area contributed by atoms with Crippen molar-refractivity contribution in [2.45, 2.75) is 24.1 Å². The molecule has 0 amide bonds. The quantitative estimate of drug-likeness (QED) is 0.763. The summed E-state index contributed by atoms with van der Waals surface area (Å²) in [5, 5.41) is 3.47. The van der Waals surface area contributed by atoms with E-state index in [1.807, 2.05) is 6.07 Å². The van der Waals surface area contributed by atoms with Crippen LogP contribution in [-0.4, -0.2) is 6.54 Å². The summed E-state index contributed by atoms with van der Waals surface area (Å²) < 4.78 is 13.3. The van der Waals surface area contributed by atoms with Gasteiger partial charge in [-0.05, 0) is 41.9 Å². The van der Waals surface area contributed by atoms with Crippen LogP contribution in [0.5, 0.6) is 0 Å². The van der Waals surface area contributed by atoms with Crippen LogP contribution in [0, 0.1) is 5.82 Å². The Labute approximate surface area is 128 Å². The number of thioether (sulfide) groups is 1. The third-order valence-corrected chi connectivity index (χ3v) is 4.28. The predicted molar refractivity (Wildman–Crippen MR) is 84.8 cm³/mol. The Morgan fingerprint density at radius 1 is 1.10 bits per heavy atom. The van der Waals surface area contributed by atoms with Gasteiger partial charge in [0, 0.05) is 17.2 Å². The Morgan fingerprint density at radius 2 is 1.80 bits per heavy atom. The van der Waals surface area contributed by atoms with Gasteiger partial charge in [0.15, 0.2) is 0 Å². The Morgan fingerprint density at radius 3 is 2.45 bits per heavy atom. The molecule has 2 aromatic rings. The lowest BCUT2D eigenvalue weighted by molar-refractivity contribution is 0.627. The maximum atomic E-state index is 13.3. The summed E-state index contributed by atoms with van der Waals surface area (Å²) in [4.78, 5) is 1.18. The molecule has 0 radical (unpaired) electrons. The first-order valence-corrected chi connectivity index (χ1v) is 7.92. The van der Waals surface area contributed by atoms with Crippen molar-refractivity contribution < 1.29 is 4.39 Å². The lowest BCUT2D eigenvalue weighted by Crippen LogP contribution is -2.11. The molecule has 0 spiro atoms. The van der Waals surface area contributed by atoms with Crippen LogP contribution in [0.4, 0.5) is 4.39 Å².